The smallest absolute Gasteiger partial charge is 0.151 e. The molecule has 14 heavy (non-hydrogen) atoms. The quantitative estimate of drug-likeness (QED) is 0.670. The lowest BCUT2D eigenvalue weighted by Gasteiger charge is -2.17. The van der Waals surface area contributed by atoms with Crippen molar-refractivity contribution in [3.63, 3.8) is 0 Å². The summed E-state index contributed by atoms with van der Waals surface area (Å²) in [5, 5.41) is 0. The lowest BCUT2D eigenvalue weighted by molar-refractivity contribution is -0.127. The molecular weight excluding hydrogens is 178 g/mol. The molecule has 0 radical (unpaired) electrons. The van der Waals surface area contributed by atoms with Crippen molar-refractivity contribution in [3.8, 4) is 0 Å². The van der Waals surface area contributed by atoms with Gasteiger partial charge in [0.05, 0.1) is 5.69 Å². The molecule has 0 amide bonds. The van der Waals surface area contributed by atoms with Gasteiger partial charge in [-0.05, 0) is 31.9 Å². The summed E-state index contributed by atoms with van der Waals surface area (Å²) in [4.78, 5) is 15.0. The van der Waals surface area contributed by atoms with Crippen molar-refractivity contribution in [2.45, 2.75) is 31.5 Å². The molecule has 3 nitrogen and oxygen atoms in total. The van der Waals surface area contributed by atoms with E-state index in [2.05, 4.69) is 4.98 Å². The highest BCUT2D eigenvalue weighted by Crippen LogP contribution is 2.37. The third-order valence-corrected chi connectivity index (χ3v) is 2.58. The van der Waals surface area contributed by atoms with Crippen LogP contribution < -0.4 is 0 Å². The zero-order valence-corrected chi connectivity index (χ0v) is 8.14. The van der Waals surface area contributed by atoms with Gasteiger partial charge in [-0.25, -0.2) is 0 Å². The lowest BCUT2D eigenvalue weighted by Crippen LogP contribution is -2.24. The lowest BCUT2D eigenvalue weighted by atomic mass is 10.0. The third kappa shape index (κ3) is 1.68. The molecule has 2 heterocycles. The number of rotatable bonds is 2. The van der Waals surface area contributed by atoms with Gasteiger partial charge in [-0.2, -0.15) is 0 Å². The summed E-state index contributed by atoms with van der Waals surface area (Å²) in [6.45, 7) is 1.82. The van der Waals surface area contributed by atoms with E-state index >= 15 is 0 Å². The van der Waals surface area contributed by atoms with Crippen molar-refractivity contribution >= 4 is 6.29 Å². The summed E-state index contributed by atoms with van der Waals surface area (Å²) in [6.07, 6.45) is 4.25. The van der Waals surface area contributed by atoms with Gasteiger partial charge in [-0.1, -0.05) is 6.07 Å². The Morgan fingerprint density at radius 1 is 1.64 bits per heavy atom. The van der Waals surface area contributed by atoms with E-state index in [1.165, 1.54) is 0 Å². The first-order chi connectivity index (χ1) is 6.73. The topological polar surface area (TPSA) is 39.2 Å². The van der Waals surface area contributed by atoms with Crippen molar-refractivity contribution in [3.05, 3.63) is 30.1 Å². The average molecular weight is 191 g/mol. The van der Waals surface area contributed by atoms with E-state index < -0.39 is 5.60 Å². The number of ether oxygens (including phenoxy) is 1. The van der Waals surface area contributed by atoms with Crippen LogP contribution >= 0.6 is 0 Å². The molecule has 1 aliphatic rings. The summed E-state index contributed by atoms with van der Waals surface area (Å²) in [7, 11) is 0. The molecule has 0 aromatic carbocycles. The van der Waals surface area contributed by atoms with E-state index in [1.54, 1.807) is 6.20 Å². The van der Waals surface area contributed by atoms with Gasteiger partial charge < -0.3 is 9.53 Å². The Morgan fingerprint density at radius 3 is 3.07 bits per heavy atom. The Bertz CT molecular complexity index is 325. The van der Waals surface area contributed by atoms with Gasteiger partial charge in [0.25, 0.3) is 0 Å². The molecule has 0 N–H and O–H groups in total. The summed E-state index contributed by atoms with van der Waals surface area (Å²) in [5.41, 5.74) is 0.306. The first-order valence-electron chi connectivity index (χ1n) is 4.79. The molecule has 2 atom stereocenters. The standard InChI is InChI=1S/C11H13NO2/c1-11(8-13)6-5-10(14-11)9-4-2-3-7-12-9/h2-4,7-8,10H,5-6H2,1H3. The molecule has 3 heteroatoms. The summed E-state index contributed by atoms with van der Waals surface area (Å²) < 4.78 is 5.65. The fraction of sp³-hybridized carbons (Fsp3) is 0.455. The van der Waals surface area contributed by atoms with Crippen molar-refractivity contribution < 1.29 is 9.53 Å². The highest BCUT2D eigenvalue weighted by atomic mass is 16.5. The van der Waals surface area contributed by atoms with Gasteiger partial charge in [0.15, 0.2) is 6.29 Å². The fourth-order valence-electron chi connectivity index (χ4n) is 1.72. The number of pyridine rings is 1. The predicted molar refractivity (Wildman–Crippen MR) is 51.8 cm³/mol. The fourth-order valence-corrected chi connectivity index (χ4v) is 1.72. The number of nitrogens with zero attached hydrogens (tertiary/aromatic N) is 1. The molecule has 0 saturated carbocycles. The monoisotopic (exact) mass is 191 g/mol. The van der Waals surface area contributed by atoms with Crippen molar-refractivity contribution in [2.75, 3.05) is 0 Å². The second-order valence-electron chi connectivity index (χ2n) is 3.83. The molecular formula is C11H13NO2. The average Bonchev–Trinajstić information content (AvgIpc) is 2.63. The second-order valence-corrected chi connectivity index (χ2v) is 3.83. The van der Waals surface area contributed by atoms with Crippen molar-refractivity contribution in [1.82, 2.24) is 4.98 Å². The van der Waals surface area contributed by atoms with Crippen LogP contribution in [0.15, 0.2) is 24.4 Å². The van der Waals surface area contributed by atoms with E-state index in [4.69, 9.17) is 4.74 Å². The third-order valence-electron chi connectivity index (χ3n) is 2.58. The van der Waals surface area contributed by atoms with Crippen LogP contribution in [0.3, 0.4) is 0 Å². The van der Waals surface area contributed by atoms with E-state index in [9.17, 15) is 4.79 Å². The maximum Gasteiger partial charge on any atom is 0.151 e. The van der Waals surface area contributed by atoms with Crippen LogP contribution in [0.2, 0.25) is 0 Å². The predicted octanol–water partition coefficient (Wildman–Crippen LogP) is 1.89. The molecule has 2 rings (SSSR count). The minimum Gasteiger partial charge on any atom is -0.358 e. The minimum atomic E-state index is -0.609. The van der Waals surface area contributed by atoms with E-state index in [0.29, 0.717) is 0 Å². The molecule has 0 spiro atoms. The molecule has 74 valence electrons. The SMILES string of the molecule is CC1(C=O)CCC(c2ccccn2)O1. The zero-order chi connectivity index (χ0) is 10.0. The molecule has 0 bridgehead atoms. The Balaban J connectivity index is 2.14. The number of carbonyl (C=O) groups excluding carboxylic acids is 1. The van der Waals surface area contributed by atoms with Crippen LogP contribution in [0, 0.1) is 0 Å². The highest BCUT2D eigenvalue weighted by Gasteiger charge is 2.36. The zero-order valence-electron chi connectivity index (χ0n) is 8.14. The van der Waals surface area contributed by atoms with Gasteiger partial charge in [0.2, 0.25) is 0 Å². The number of carbonyl (C=O) groups is 1. The Kier molecular flexibility index (Phi) is 2.33. The summed E-state index contributed by atoms with van der Waals surface area (Å²) in [5.74, 6) is 0. The number of hydrogen-bond acceptors (Lipinski definition) is 3. The van der Waals surface area contributed by atoms with Crippen LogP contribution in [0.5, 0.6) is 0 Å². The molecule has 1 fully saturated rings. The normalized spacial score (nSPS) is 31.6. The Morgan fingerprint density at radius 2 is 2.50 bits per heavy atom. The van der Waals surface area contributed by atoms with Gasteiger partial charge in [0.1, 0.15) is 11.7 Å². The Labute approximate surface area is 83.1 Å². The maximum atomic E-state index is 10.8. The minimum absolute atomic E-state index is 0.0219. The summed E-state index contributed by atoms with van der Waals surface area (Å²) in [6, 6.07) is 5.74. The number of aromatic nitrogens is 1. The molecule has 1 aliphatic heterocycles. The van der Waals surface area contributed by atoms with Crippen molar-refractivity contribution in [2.24, 2.45) is 0 Å². The van der Waals surface area contributed by atoms with Gasteiger partial charge in [-0.3, -0.25) is 4.98 Å². The van der Waals surface area contributed by atoms with E-state index in [-0.39, 0.29) is 6.10 Å². The maximum absolute atomic E-state index is 10.8. The van der Waals surface area contributed by atoms with Crippen LogP contribution in [-0.2, 0) is 9.53 Å². The van der Waals surface area contributed by atoms with Gasteiger partial charge in [-0.15, -0.1) is 0 Å². The van der Waals surface area contributed by atoms with Gasteiger partial charge >= 0.3 is 0 Å². The molecule has 2 unspecified atom stereocenters. The van der Waals surface area contributed by atoms with Crippen molar-refractivity contribution in [1.29, 1.82) is 0 Å². The highest BCUT2D eigenvalue weighted by molar-refractivity contribution is 5.62. The van der Waals surface area contributed by atoms with E-state index in [0.717, 1.165) is 24.8 Å². The Hall–Kier alpha value is -1.22. The van der Waals surface area contributed by atoms with Crippen LogP contribution in [0.25, 0.3) is 0 Å². The summed E-state index contributed by atoms with van der Waals surface area (Å²) >= 11 is 0. The van der Waals surface area contributed by atoms with Crippen LogP contribution in [0.4, 0.5) is 0 Å². The number of hydrogen-bond donors (Lipinski definition) is 0. The van der Waals surface area contributed by atoms with Crippen LogP contribution in [0.1, 0.15) is 31.6 Å². The first-order valence-corrected chi connectivity index (χ1v) is 4.79. The molecule has 0 aliphatic carbocycles. The largest absolute Gasteiger partial charge is 0.358 e. The second kappa shape index (κ2) is 3.50. The molecule has 1 aromatic rings. The molecule has 1 saturated heterocycles. The van der Waals surface area contributed by atoms with Crippen LogP contribution in [-0.4, -0.2) is 16.9 Å². The molecule has 1 aromatic heterocycles. The number of aldehydes is 1. The van der Waals surface area contributed by atoms with E-state index in [1.807, 2.05) is 25.1 Å². The first kappa shape index (κ1) is 9.34. The van der Waals surface area contributed by atoms with Gasteiger partial charge in [0, 0.05) is 6.20 Å².